The predicted molar refractivity (Wildman–Crippen MR) is 108 cm³/mol. The summed E-state index contributed by atoms with van der Waals surface area (Å²) in [6.07, 6.45) is 2.14. The summed E-state index contributed by atoms with van der Waals surface area (Å²) in [7, 11) is 3.58. The monoisotopic (exact) mass is 372 g/mol. The lowest BCUT2D eigenvalue weighted by Crippen LogP contribution is -2.49. The average Bonchev–Trinajstić information content (AvgIpc) is 2.92. The van der Waals surface area contributed by atoms with E-state index in [9.17, 15) is 9.59 Å². The van der Waals surface area contributed by atoms with E-state index in [2.05, 4.69) is 36.2 Å². The number of amides is 3. The molecular weight excluding hydrogens is 340 g/mol. The SMILES string of the molecule is CC(C)c1ccc(NC(=O)N2C[C@H]3CC[C@@H]2CN(CC(=O)N(C)C)C3)cc1. The first-order valence-corrected chi connectivity index (χ1v) is 9.93. The van der Waals surface area contributed by atoms with Crippen molar-refractivity contribution in [1.29, 1.82) is 0 Å². The Morgan fingerprint density at radius 2 is 1.81 bits per heavy atom. The van der Waals surface area contributed by atoms with Crippen LogP contribution in [0, 0.1) is 5.92 Å². The molecule has 3 heterocycles. The molecule has 6 heteroatoms. The molecule has 2 bridgehead atoms. The minimum atomic E-state index is -0.0252. The second-order valence-electron chi connectivity index (χ2n) is 8.44. The zero-order valence-electron chi connectivity index (χ0n) is 16.9. The number of nitrogens with one attached hydrogen (secondary N) is 1. The normalized spacial score (nSPS) is 22.6. The molecule has 0 radical (unpaired) electrons. The second kappa shape index (κ2) is 8.30. The topological polar surface area (TPSA) is 55.9 Å². The zero-order valence-corrected chi connectivity index (χ0v) is 16.9. The van der Waals surface area contributed by atoms with Crippen LogP contribution >= 0.6 is 0 Å². The summed E-state index contributed by atoms with van der Waals surface area (Å²) >= 11 is 0. The molecule has 6 nitrogen and oxygen atoms in total. The number of urea groups is 1. The number of benzene rings is 1. The van der Waals surface area contributed by atoms with Gasteiger partial charge in [-0.15, -0.1) is 0 Å². The Morgan fingerprint density at radius 3 is 2.44 bits per heavy atom. The van der Waals surface area contributed by atoms with E-state index in [0.717, 1.165) is 38.2 Å². The van der Waals surface area contributed by atoms with Crippen molar-refractivity contribution in [2.24, 2.45) is 5.92 Å². The van der Waals surface area contributed by atoms with Gasteiger partial charge >= 0.3 is 6.03 Å². The lowest BCUT2D eigenvalue weighted by molar-refractivity contribution is -0.129. The fraction of sp³-hybridized carbons (Fsp3) is 0.619. The number of hydrogen-bond donors (Lipinski definition) is 1. The summed E-state index contributed by atoms with van der Waals surface area (Å²) in [4.78, 5) is 30.8. The molecular formula is C21H32N4O2. The molecule has 0 saturated carbocycles. The first kappa shape index (κ1) is 19.7. The van der Waals surface area contributed by atoms with Gasteiger partial charge < -0.3 is 15.1 Å². The molecule has 2 atom stereocenters. The Kier molecular flexibility index (Phi) is 6.05. The number of fused-ring (bicyclic) bond motifs is 4. The van der Waals surface area contributed by atoms with Crippen LogP contribution in [0.3, 0.4) is 0 Å². The lowest BCUT2D eigenvalue weighted by Gasteiger charge is -2.36. The molecule has 4 rings (SSSR count). The van der Waals surface area contributed by atoms with Crippen LogP contribution in [0.5, 0.6) is 0 Å². The third-order valence-corrected chi connectivity index (χ3v) is 5.74. The van der Waals surface area contributed by atoms with Gasteiger partial charge in [-0.2, -0.15) is 0 Å². The van der Waals surface area contributed by atoms with Gasteiger partial charge in [0, 0.05) is 45.5 Å². The minimum absolute atomic E-state index is 0.0252. The van der Waals surface area contributed by atoms with Crippen molar-refractivity contribution in [3.8, 4) is 0 Å². The highest BCUT2D eigenvalue weighted by Gasteiger charge is 2.37. The highest BCUT2D eigenvalue weighted by Crippen LogP contribution is 2.28. The number of likely N-dealkylation sites (N-methyl/N-ethyl adjacent to an activating group) is 1. The van der Waals surface area contributed by atoms with Gasteiger partial charge in [0.05, 0.1) is 6.54 Å². The number of hydrogen-bond acceptors (Lipinski definition) is 3. The molecule has 1 aromatic rings. The smallest absolute Gasteiger partial charge is 0.322 e. The maximum atomic E-state index is 12.9. The van der Waals surface area contributed by atoms with Crippen molar-refractivity contribution in [2.45, 2.75) is 38.6 Å². The number of nitrogens with zero attached hydrogens (tertiary/aromatic N) is 3. The Morgan fingerprint density at radius 1 is 1.11 bits per heavy atom. The summed E-state index contributed by atoms with van der Waals surface area (Å²) in [6, 6.07) is 8.25. The summed E-state index contributed by atoms with van der Waals surface area (Å²) in [6.45, 7) is 7.20. The van der Waals surface area contributed by atoms with E-state index < -0.39 is 0 Å². The van der Waals surface area contributed by atoms with Crippen LogP contribution in [-0.4, -0.2) is 73.0 Å². The van der Waals surface area contributed by atoms with Gasteiger partial charge in [0.15, 0.2) is 0 Å². The standard InChI is InChI=1S/C21H32N4O2/c1-15(2)17-6-8-18(9-7-17)22-21(27)25-12-16-5-10-19(25)13-24(11-16)14-20(26)23(3)4/h6-9,15-16,19H,5,10-14H2,1-4H3,(H,22,27)/t16-,19+/m0/s1. The van der Waals surface area contributed by atoms with E-state index in [0.29, 0.717) is 18.4 Å². The van der Waals surface area contributed by atoms with Gasteiger partial charge in [-0.1, -0.05) is 26.0 Å². The summed E-state index contributed by atoms with van der Waals surface area (Å²) in [5.41, 5.74) is 2.10. The highest BCUT2D eigenvalue weighted by atomic mass is 16.2. The van der Waals surface area contributed by atoms with E-state index in [1.807, 2.05) is 17.0 Å². The van der Waals surface area contributed by atoms with E-state index in [4.69, 9.17) is 0 Å². The number of anilines is 1. The Hall–Kier alpha value is -2.08. The molecule has 3 saturated heterocycles. The highest BCUT2D eigenvalue weighted by molar-refractivity contribution is 5.89. The second-order valence-corrected chi connectivity index (χ2v) is 8.44. The molecule has 3 amide bonds. The number of carbonyl (C=O) groups excluding carboxylic acids is 2. The molecule has 0 unspecified atom stereocenters. The molecule has 27 heavy (non-hydrogen) atoms. The zero-order chi connectivity index (χ0) is 19.6. The average molecular weight is 373 g/mol. The van der Waals surface area contributed by atoms with Gasteiger partial charge in [-0.25, -0.2) is 4.79 Å². The largest absolute Gasteiger partial charge is 0.348 e. The van der Waals surface area contributed by atoms with Crippen LogP contribution in [0.2, 0.25) is 0 Å². The van der Waals surface area contributed by atoms with Crippen LogP contribution in [0.25, 0.3) is 0 Å². The summed E-state index contributed by atoms with van der Waals surface area (Å²) in [5, 5.41) is 3.06. The molecule has 0 spiro atoms. The van der Waals surface area contributed by atoms with E-state index in [1.54, 1.807) is 19.0 Å². The van der Waals surface area contributed by atoms with Crippen LogP contribution in [0.1, 0.15) is 38.2 Å². The van der Waals surface area contributed by atoms with Crippen LogP contribution in [-0.2, 0) is 4.79 Å². The van der Waals surface area contributed by atoms with Crippen molar-refractivity contribution in [3.05, 3.63) is 29.8 Å². The summed E-state index contributed by atoms with van der Waals surface area (Å²) in [5.74, 6) is 1.04. The van der Waals surface area contributed by atoms with Crippen LogP contribution < -0.4 is 5.32 Å². The Bertz CT molecular complexity index is 671. The van der Waals surface area contributed by atoms with Gasteiger partial charge in [0.2, 0.25) is 5.91 Å². The van der Waals surface area contributed by atoms with Gasteiger partial charge in [-0.3, -0.25) is 9.69 Å². The van der Waals surface area contributed by atoms with Crippen molar-refractivity contribution in [2.75, 3.05) is 45.6 Å². The van der Waals surface area contributed by atoms with Crippen molar-refractivity contribution >= 4 is 17.6 Å². The third-order valence-electron chi connectivity index (χ3n) is 5.74. The van der Waals surface area contributed by atoms with Crippen molar-refractivity contribution in [1.82, 2.24) is 14.7 Å². The van der Waals surface area contributed by atoms with Gasteiger partial charge in [0.1, 0.15) is 0 Å². The van der Waals surface area contributed by atoms with E-state index in [-0.39, 0.29) is 18.0 Å². The molecule has 1 N–H and O–H groups in total. The third kappa shape index (κ3) is 4.80. The maximum Gasteiger partial charge on any atom is 0.322 e. The first-order chi connectivity index (χ1) is 12.8. The van der Waals surface area contributed by atoms with Crippen molar-refractivity contribution in [3.63, 3.8) is 0 Å². The minimum Gasteiger partial charge on any atom is -0.348 e. The molecule has 1 aromatic carbocycles. The molecule has 0 aliphatic carbocycles. The molecule has 3 fully saturated rings. The predicted octanol–water partition coefficient (Wildman–Crippen LogP) is 2.83. The van der Waals surface area contributed by atoms with Crippen molar-refractivity contribution < 1.29 is 9.59 Å². The van der Waals surface area contributed by atoms with E-state index in [1.165, 1.54) is 5.56 Å². The molecule has 3 aliphatic heterocycles. The first-order valence-electron chi connectivity index (χ1n) is 9.93. The molecule has 148 valence electrons. The molecule has 0 aromatic heterocycles. The van der Waals surface area contributed by atoms with Crippen LogP contribution in [0.4, 0.5) is 10.5 Å². The van der Waals surface area contributed by atoms with E-state index >= 15 is 0 Å². The van der Waals surface area contributed by atoms with Gasteiger partial charge in [0.25, 0.3) is 0 Å². The quantitative estimate of drug-likeness (QED) is 0.884. The number of carbonyl (C=O) groups is 2. The lowest BCUT2D eigenvalue weighted by atomic mass is 9.95. The fourth-order valence-corrected chi connectivity index (χ4v) is 4.04. The Labute approximate surface area is 162 Å². The summed E-state index contributed by atoms with van der Waals surface area (Å²) < 4.78 is 0. The number of piperidine rings is 1. The van der Waals surface area contributed by atoms with Gasteiger partial charge in [-0.05, 0) is 42.4 Å². The fourth-order valence-electron chi connectivity index (χ4n) is 4.04. The maximum absolute atomic E-state index is 12.9. The van der Waals surface area contributed by atoms with Crippen LogP contribution in [0.15, 0.2) is 24.3 Å². The molecule has 3 aliphatic rings. The number of rotatable bonds is 4. The Balaban J connectivity index is 1.63.